The molecule has 4 rings (SSSR count). The molecule has 0 radical (unpaired) electrons. The zero-order chi connectivity index (χ0) is 19.7. The minimum Gasteiger partial charge on any atom is -0.497 e. The number of rotatable bonds is 5. The van der Waals surface area contributed by atoms with Crippen LogP contribution in [0.1, 0.15) is 34.3 Å². The summed E-state index contributed by atoms with van der Waals surface area (Å²) in [7, 11) is 1.65. The van der Waals surface area contributed by atoms with Gasteiger partial charge in [-0.3, -0.25) is 9.69 Å². The van der Waals surface area contributed by atoms with Gasteiger partial charge in [-0.25, -0.2) is 4.98 Å². The van der Waals surface area contributed by atoms with Gasteiger partial charge in [0.15, 0.2) is 5.13 Å². The summed E-state index contributed by atoms with van der Waals surface area (Å²) in [4.78, 5) is 19.9. The first-order valence-electron chi connectivity index (χ1n) is 9.50. The lowest BCUT2D eigenvalue weighted by molar-refractivity contribution is 0.0917. The van der Waals surface area contributed by atoms with Gasteiger partial charge in [0.25, 0.3) is 5.91 Å². The van der Waals surface area contributed by atoms with Crippen LogP contribution in [0.3, 0.4) is 0 Å². The molecule has 0 N–H and O–H groups in total. The van der Waals surface area contributed by atoms with Crippen molar-refractivity contribution in [2.75, 3.05) is 25.2 Å². The molecule has 146 valence electrons. The Morgan fingerprint density at radius 2 is 2.11 bits per heavy atom. The molecule has 28 heavy (non-hydrogen) atoms. The van der Waals surface area contributed by atoms with Gasteiger partial charge in [-0.1, -0.05) is 17.4 Å². The number of fused-ring (bicyclic) bond motifs is 1. The van der Waals surface area contributed by atoms with Crippen LogP contribution < -0.4 is 9.64 Å². The fraction of sp³-hybridized carbons (Fsp3) is 0.364. The monoisotopic (exact) mass is 396 g/mol. The molecule has 6 heteroatoms. The number of carbonyl (C=O) groups excluding carboxylic acids is 1. The maximum Gasteiger partial charge on any atom is 0.260 e. The highest BCUT2D eigenvalue weighted by Crippen LogP contribution is 2.33. The van der Waals surface area contributed by atoms with Gasteiger partial charge in [0, 0.05) is 12.2 Å². The second-order valence-corrected chi connectivity index (χ2v) is 8.19. The Labute approximate surface area is 168 Å². The minimum atomic E-state index is -0.0374. The lowest BCUT2D eigenvalue weighted by atomic mass is 10.1. The van der Waals surface area contributed by atoms with Crippen molar-refractivity contribution < 1.29 is 14.3 Å². The van der Waals surface area contributed by atoms with Crippen molar-refractivity contribution in [1.82, 2.24) is 4.98 Å². The molecule has 1 saturated heterocycles. The van der Waals surface area contributed by atoms with Gasteiger partial charge in [-0.05, 0) is 68.1 Å². The highest BCUT2D eigenvalue weighted by atomic mass is 32.1. The van der Waals surface area contributed by atoms with Crippen molar-refractivity contribution in [2.45, 2.75) is 32.8 Å². The third-order valence-corrected chi connectivity index (χ3v) is 6.27. The van der Waals surface area contributed by atoms with Gasteiger partial charge >= 0.3 is 0 Å². The van der Waals surface area contributed by atoms with Crippen LogP contribution in [0.15, 0.2) is 36.4 Å². The van der Waals surface area contributed by atoms with Crippen molar-refractivity contribution in [3.8, 4) is 5.75 Å². The summed E-state index contributed by atoms with van der Waals surface area (Å²) in [6.07, 6.45) is 2.06. The number of hydrogen-bond donors (Lipinski definition) is 0. The Bertz CT molecular complexity index is 1010. The number of nitrogens with zero attached hydrogens (tertiary/aromatic N) is 2. The second kappa shape index (κ2) is 7.89. The van der Waals surface area contributed by atoms with Crippen LogP contribution in [0.5, 0.6) is 5.75 Å². The molecule has 2 aromatic carbocycles. The Morgan fingerprint density at radius 3 is 2.82 bits per heavy atom. The molecule has 0 bridgehead atoms. The highest BCUT2D eigenvalue weighted by Gasteiger charge is 2.27. The molecule has 0 spiro atoms. The van der Waals surface area contributed by atoms with E-state index in [1.165, 1.54) is 16.9 Å². The number of methoxy groups -OCH3 is 1. The van der Waals surface area contributed by atoms with E-state index in [4.69, 9.17) is 14.5 Å². The maximum absolute atomic E-state index is 13.4. The van der Waals surface area contributed by atoms with Crippen LogP contribution in [0.25, 0.3) is 10.2 Å². The number of thiazole rings is 1. The van der Waals surface area contributed by atoms with E-state index < -0.39 is 0 Å². The SMILES string of the molecule is COc1ccc2nc(N(CC3CCCO3)C(=O)c3ccc(C)c(C)c3)sc2c1. The largest absolute Gasteiger partial charge is 0.497 e. The summed E-state index contributed by atoms with van der Waals surface area (Å²) in [5, 5.41) is 0.696. The van der Waals surface area contributed by atoms with E-state index in [1.807, 2.05) is 43.3 Å². The highest BCUT2D eigenvalue weighted by molar-refractivity contribution is 7.22. The molecule has 1 aliphatic rings. The number of ether oxygens (including phenoxy) is 2. The molecule has 2 heterocycles. The molecular formula is C22H24N2O3S. The summed E-state index contributed by atoms with van der Waals surface area (Å²) >= 11 is 1.51. The van der Waals surface area contributed by atoms with Gasteiger partial charge in [0.2, 0.25) is 0 Å². The average Bonchev–Trinajstić information content (AvgIpc) is 3.36. The third kappa shape index (κ3) is 3.75. The van der Waals surface area contributed by atoms with Gasteiger partial charge in [-0.15, -0.1) is 0 Å². The smallest absolute Gasteiger partial charge is 0.260 e. The van der Waals surface area contributed by atoms with Gasteiger partial charge in [0.05, 0.1) is 30.0 Å². The Kier molecular flexibility index (Phi) is 5.33. The van der Waals surface area contributed by atoms with Gasteiger partial charge in [-0.2, -0.15) is 0 Å². The van der Waals surface area contributed by atoms with Crippen LogP contribution in [-0.2, 0) is 4.74 Å². The number of amides is 1. The van der Waals surface area contributed by atoms with E-state index in [-0.39, 0.29) is 12.0 Å². The Hall–Kier alpha value is -2.44. The van der Waals surface area contributed by atoms with E-state index in [0.29, 0.717) is 17.2 Å². The topological polar surface area (TPSA) is 51.7 Å². The molecule has 1 unspecified atom stereocenters. The number of aryl methyl sites for hydroxylation is 2. The molecule has 1 atom stereocenters. The third-order valence-electron chi connectivity index (χ3n) is 5.22. The second-order valence-electron chi connectivity index (χ2n) is 7.18. The fourth-order valence-electron chi connectivity index (χ4n) is 3.41. The number of aromatic nitrogens is 1. The Morgan fingerprint density at radius 1 is 1.25 bits per heavy atom. The summed E-state index contributed by atoms with van der Waals surface area (Å²) < 4.78 is 12.1. The minimum absolute atomic E-state index is 0.0374. The van der Waals surface area contributed by atoms with Crippen molar-refractivity contribution in [1.29, 1.82) is 0 Å². The standard InChI is InChI=1S/C22H24N2O3S/c1-14-6-7-16(11-15(14)2)21(25)24(13-18-5-4-10-27-18)22-23-19-9-8-17(26-3)12-20(19)28-22/h6-9,11-12,18H,4-5,10,13H2,1-3H3. The molecule has 1 fully saturated rings. The predicted octanol–water partition coefficient (Wildman–Crippen LogP) is 4.75. The molecule has 5 nitrogen and oxygen atoms in total. The zero-order valence-corrected chi connectivity index (χ0v) is 17.2. The van der Waals surface area contributed by atoms with E-state index >= 15 is 0 Å². The molecule has 0 aliphatic carbocycles. The number of carbonyl (C=O) groups is 1. The van der Waals surface area contributed by atoms with E-state index in [9.17, 15) is 4.79 Å². The molecule has 1 aliphatic heterocycles. The Balaban J connectivity index is 1.72. The van der Waals surface area contributed by atoms with E-state index in [1.54, 1.807) is 12.0 Å². The molecular weight excluding hydrogens is 372 g/mol. The molecule has 1 aromatic heterocycles. The summed E-state index contributed by atoms with van der Waals surface area (Å²) in [5.74, 6) is 0.749. The summed E-state index contributed by atoms with van der Waals surface area (Å²) in [6, 6.07) is 11.6. The van der Waals surface area contributed by atoms with E-state index in [0.717, 1.165) is 41.0 Å². The van der Waals surface area contributed by atoms with Gasteiger partial charge < -0.3 is 9.47 Å². The summed E-state index contributed by atoms with van der Waals surface area (Å²) in [5.41, 5.74) is 3.83. The van der Waals surface area contributed by atoms with Crippen LogP contribution in [0, 0.1) is 13.8 Å². The van der Waals surface area contributed by atoms with Crippen molar-refractivity contribution >= 4 is 32.6 Å². The van der Waals surface area contributed by atoms with Crippen molar-refractivity contribution in [3.05, 3.63) is 53.1 Å². The average molecular weight is 397 g/mol. The lowest BCUT2D eigenvalue weighted by Gasteiger charge is -2.23. The van der Waals surface area contributed by atoms with Crippen LogP contribution in [-0.4, -0.2) is 37.3 Å². The number of hydrogen-bond acceptors (Lipinski definition) is 5. The summed E-state index contributed by atoms with van der Waals surface area (Å²) in [6.45, 7) is 5.35. The van der Waals surface area contributed by atoms with Crippen molar-refractivity contribution in [3.63, 3.8) is 0 Å². The van der Waals surface area contributed by atoms with Crippen LogP contribution >= 0.6 is 11.3 Å². The zero-order valence-electron chi connectivity index (χ0n) is 16.4. The lowest BCUT2D eigenvalue weighted by Crippen LogP contribution is -2.37. The molecule has 0 saturated carbocycles. The normalized spacial score (nSPS) is 16.5. The quantitative estimate of drug-likeness (QED) is 0.625. The van der Waals surface area contributed by atoms with E-state index in [2.05, 4.69) is 6.92 Å². The first-order chi connectivity index (χ1) is 13.5. The fourth-order valence-corrected chi connectivity index (χ4v) is 4.41. The predicted molar refractivity (Wildman–Crippen MR) is 113 cm³/mol. The number of benzene rings is 2. The first kappa shape index (κ1) is 18.9. The van der Waals surface area contributed by atoms with Gasteiger partial charge in [0.1, 0.15) is 5.75 Å². The molecule has 1 amide bonds. The number of anilines is 1. The van der Waals surface area contributed by atoms with Crippen LogP contribution in [0.4, 0.5) is 5.13 Å². The first-order valence-corrected chi connectivity index (χ1v) is 10.3. The molecule has 3 aromatic rings. The maximum atomic E-state index is 13.4. The van der Waals surface area contributed by atoms with Crippen molar-refractivity contribution in [2.24, 2.45) is 0 Å². The van der Waals surface area contributed by atoms with Crippen LogP contribution in [0.2, 0.25) is 0 Å².